The van der Waals surface area contributed by atoms with Crippen LogP contribution in [-0.4, -0.2) is 42.1 Å². The zero-order valence-corrected chi connectivity index (χ0v) is 23.2. The van der Waals surface area contributed by atoms with Crippen LogP contribution >= 0.6 is 48.6 Å². The number of hydrogen-bond acceptors (Lipinski definition) is 6. The number of pyridine rings is 1. The second-order valence-corrected chi connectivity index (χ2v) is 9.74. The molecule has 1 fully saturated rings. The van der Waals surface area contributed by atoms with Crippen LogP contribution < -0.4 is 14.7 Å². The Morgan fingerprint density at radius 3 is 2.20 bits per heavy atom. The summed E-state index contributed by atoms with van der Waals surface area (Å²) in [7, 11) is 0. The quantitative estimate of drug-likeness (QED) is 0.391. The van der Waals surface area contributed by atoms with Gasteiger partial charge in [-0.25, -0.2) is 14.4 Å². The summed E-state index contributed by atoms with van der Waals surface area (Å²) in [5.74, 6) is 0.656. The first-order valence-corrected chi connectivity index (χ1v) is 11.6. The molecule has 6 nitrogen and oxygen atoms in total. The van der Waals surface area contributed by atoms with Crippen molar-refractivity contribution in [1.29, 1.82) is 0 Å². The van der Waals surface area contributed by atoms with Gasteiger partial charge in [0.2, 0.25) is 5.91 Å². The Morgan fingerprint density at radius 2 is 1.63 bits per heavy atom. The summed E-state index contributed by atoms with van der Waals surface area (Å²) in [5.41, 5.74) is 0.943. The lowest BCUT2D eigenvalue weighted by atomic mass is 9.94. The summed E-state index contributed by atoms with van der Waals surface area (Å²) in [6.07, 6.45) is 1.82. The van der Waals surface area contributed by atoms with Gasteiger partial charge in [-0.3, -0.25) is 4.79 Å². The molecule has 0 atom stereocenters. The van der Waals surface area contributed by atoms with E-state index in [1.54, 1.807) is 28.4 Å². The van der Waals surface area contributed by atoms with E-state index in [0.29, 0.717) is 12.2 Å². The Balaban J connectivity index is 0.00000204. The number of benzene rings is 1. The third-order valence-corrected chi connectivity index (χ3v) is 6.36. The average molecular weight is 563 g/mol. The Labute approximate surface area is 228 Å². The third kappa shape index (κ3) is 7.67. The molecule has 0 bridgehead atoms. The summed E-state index contributed by atoms with van der Waals surface area (Å²) < 4.78 is 13.4. The van der Waals surface area contributed by atoms with Crippen molar-refractivity contribution < 1.29 is 9.18 Å². The summed E-state index contributed by atoms with van der Waals surface area (Å²) >= 11 is 1.59. The monoisotopic (exact) mass is 561 g/mol. The van der Waals surface area contributed by atoms with Gasteiger partial charge in [-0.1, -0.05) is 26.8 Å². The molecule has 3 heterocycles. The van der Waals surface area contributed by atoms with Gasteiger partial charge in [0.25, 0.3) is 0 Å². The highest BCUT2D eigenvalue weighted by Crippen LogP contribution is 2.28. The molecule has 0 aliphatic carbocycles. The van der Waals surface area contributed by atoms with E-state index in [1.165, 1.54) is 12.1 Å². The average Bonchev–Trinajstić information content (AvgIpc) is 3.26. The van der Waals surface area contributed by atoms with Gasteiger partial charge in [0.05, 0.1) is 12.2 Å². The van der Waals surface area contributed by atoms with Crippen molar-refractivity contribution in [3.05, 3.63) is 65.6 Å². The van der Waals surface area contributed by atoms with Gasteiger partial charge in [0.1, 0.15) is 11.6 Å². The van der Waals surface area contributed by atoms with Crippen LogP contribution in [0, 0.1) is 11.2 Å². The molecule has 0 saturated carbocycles. The summed E-state index contributed by atoms with van der Waals surface area (Å²) in [4.78, 5) is 28.6. The van der Waals surface area contributed by atoms with Crippen molar-refractivity contribution in [1.82, 2.24) is 9.97 Å². The number of carbonyl (C=O) groups is 1. The van der Waals surface area contributed by atoms with E-state index < -0.39 is 5.41 Å². The van der Waals surface area contributed by atoms with E-state index in [0.717, 1.165) is 42.8 Å². The standard InChI is InChI=1S/C24H28FN5OS.3ClH/c1-24(2,3)22(31)30(20-9-7-18(25)8-10-20)16-19-17-32-23(27-19)29-14-12-28(13-15-29)21-6-4-5-11-26-21;;;/h4-11,17H,12-16H2,1-3H3;3*1H. The molecule has 11 heteroatoms. The van der Waals surface area contributed by atoms with Crippen molar-refractivity contribution in [2.75, 3.05) is 40.9 Å². The number of aromatic nitrogens is 2. The summed E-state index contributed by atoms with van der Waals surface area (Å²) in [5, 5.41) is 2.97. The molecular formula is C24H31Cl3FN5OS. The normalized spacial score (nSPS) is 13.3. The molecule has 2 aromatic heterocycles. The van der Waals surface area contributed by atoms with Crippen LogP contribution in [0.2, 0.25) is 0 Å². The molecule has 192 valence electrons. The molecule has 0 radical (unpaired) electrons. The van der Waals surface area contributed by atoms with Crippen LogP contribution in [-0.2, 0) is 11.3 Å². The summed E-state index contributed by atoms with van der Waals surface area (Å²) in [6, 6.07) is 12.0. The van der Waals surface area contributed by atoms with E-state index in [1.807, 2.05) is 50.5 Å². The van der Waals surface area contributed by atoms with Gasteiger partial charge in [-0.15, -0.1) is 48.6 Å². The minimum Gasteiger partial charge on any atom is -0.353 e. The number of anilines is 3. The number of halogens is 4. The SMILES string of the molecule is CC(C)(C)C(=O)N(Cc1csc(N2CCN(c3ccccn3)CC2)n1)c1ccc(F)cc1.Cl.Cl.Cl. The first-order chi connectivity index (χ1) is 15.3. The van der Waals surface area contributed by atoms with E-state index in [-0.39, 0.29) is 48.9 Å². The van der Waals surface area contributed by atoms with E-state index in [9.17, 15) is 9.18 Å². The Kier molecular flexibility index (Phi) is 11.7. The number of carbonyl (C=O) groups excluding carboxylic acids is 1. The lowest BCUT2D eigenvalue weighted by Gasteiger charge is -2.35. The van der Waals surface area contributed by atoms with Gasteiger partial charge >= 0.3 is 0 Å². The van der Waals surface area contributed by atoms with Crippen LogP contribution in [0.25, 0.3) is 0 Å². The van der Waals surface area contributed by atoms with Crippen molar-refractivity contribution in [3.8, 4) is 0 Å². The molecule has 1 aliphatic heterocycles. The van der Waals surface area contributed by atoms with Gasteiger partial charge in [-0.05, 0) is 36.4 Å². The van der Waals surface area contributed by atoms with Crippen LogP contribution in [0.5, 0.6) is 0 Å². The molecule has 1 aromatic carbocycles. The highest BCUT2D eigenvalue weighted by molar-refractivity contribution is 7.13. The van der Waals surface area contributed by atoms with Gasteiger partial charge in [0, 0.05) is 48.9 Å². The van der Waals surface area contributed by atoms with Crippen molar-refractivity contribution >= 4 is 71.1 Å². The van der Waals surface area contributed by atoms with E-state index >= 15 is 0 Å². The van der Waals surface area contributed by atoms with E-state index in [4.69, 9.17) is 4.98 Å². The molecule has 0 N–H and O–H groups in total. The zero-order valence-electron chi connectivity index (χ0n) is 19.9. The Morgan fingerprint density at radius 1 is 1.00 bits per heavy atom. The van der Waals surface area contributed by atoms with Gasteiger partial charge in [0.15, 0.2) is 5.13 Å². The van der Waals surface area contributed by atoms with E-state index in [2.05, 4.69) is 14.8 Å². The lowest BCUT2D eigenvalue weighted by molar-refractivity contribution is -0.125. The molecule has 35 heavy (non-hydrogen) atoms. The zero-order chi connectivity index (χ0) is 22.7. The maximum atomic E-state index is 13.4. The predicted octanol–water partition coefficient (Wildman–Crippen LogP) is 5.85. The fourth-order valence-corrected chi connectivity index (χ4v) is 4.52. The summed E-state index contributed by atoms with van der Waals surface area (Å²) in [6.45, 7) is 9.52. The highest BCUT2D eigenvalue weighted by atomic mass is 35.5. The fourth-order valence-electron chi connectivity index (χ4n) is 3.65. The first-order valence-electron chi connectivity index (χ1n) is 10.7. The minimum absolute atomic E-state index is 0. The molecule has 1 aliphatic rings. The lowest BCUT2D eigenvalue weighted by Crippen LogP contribution is -2.46. The number of amides is 1. The number of piperazine rings is 1. The molecule has 0 spiro atoms. The molecule has 0 unspecified atom stereocenters. The van der Waals surface area contributed by atoms with Crippen molar-refractivity contribution in [2.45, 2.75) is 27.3 Å². The van der Waals surface area contributed by atoms with Crippen LogP contribution in [0.3, 0.4) is 0 Å². The van der Waals surface area contributed by atoms with Crippen molar-refractivity contribution in [2.24, 2.45) is 5.41 Å². The van der Waals surface area contributed by atoms with Crippen LogP contribution in [0.1, 0.15) is 26.5 Å². The van der Waals surface area contributed by atoms with Gasteiger partial charge < -0.3 is 14.7 Å². The smallest absolute Gasteiger partial charge is 0.232 e. The molecular weight excluding hydrogens is 532 g/mol. The van der Waals surface area contributed by atoms with Crippen LogP contribution in [0.4, 0.5) is 21.0 Å². The largest absolute Gasteiger partial charge is 0.353 e. The maximum absolute atomic E-state index is 13.4. The van der Waals surface area contributed by atoms with Crippen LogP contribution in [0.15, 0.2) is 54.0 Å². The Hall–Kier alpha value is -2.13. The second kappa shape index (κ2) is 13.3. The predicted molar refractivity (Wildman–Crippen MR) is 150 cm³/mol. The van der Waals surface area contributed by atoms with Crippen molar-refractivity contribution in [3.63, 3.8) is 0 Å². The third-order valence-electron chi connectivity index (χ3n) is 5.41. The highest BCUT2D eigenvalue weighted by Gasteiger charge is 2.29. The second-order valence-electron chi connectivity index (χ2n) is 8.90. The maximum Gasteiger partial charge on any atom is 0.232 e. The molecule has 1 amide bonds. The topological polar surface area (TPSA) is 52.6 Å². The van der Waals surface area contributed by atoms with Gasteiger partial charge in [-0.2, -0.15) is 0 Å². The number of hydrogen-bond donors (Lipinski definition) is 0. The Bertz CT molecular complexity index is 1060. The number of nitrogens with zero attached hydrogens (tertiary/aromatic N) is 5. The molecule has 3 aromatic rings. The number of thiazole rings is 1. The fraction of sp³-hybridized carbons (Fsp3) is 0.375. The first kappa shape index (κ1) is 30.9. The number of rotatable bonds is 5. The molecule has 4 rings (SSSR count). The molecule has 1 saturated heterocycles. The minimum atomic E-state index is -0.560.